The van der Waals surface area contributed by atoms with Crippen molar-refractivity contribution in [3.8, 4) is 5.75 Å². The van der Waals surface area contributed by atoms with Gasteiger partial charge < -0.3 is 10.5 Å². The van der Waals surface area contributed by atoms with Crippen molar-refractivity contribution in [3.05, 3.63) is 17.8 Å². The van der Waals surface area contributed by atoms with E-state index < -0.39 is 0 Å². The quantitative estimate of drug-likeness (QED) is 0.808. The fourth-order valence-electron chi connectivity index (χ4n) is 1.14. The van der Waals surface area contributed by atoms with Crippen LogP contribution in [0.2, 0.25) is 0 Å². The number of pyridine rings is 1. The van der Waals surface area contributed by atoms with Crippen LogP contribution < -0.4 is 10.5 Å². The van der Waals surface area contributed by atoms with Gasteiger partial charge in [0.15, 0.2) is 0 Å². The van der Waals surface area contributed by atoms with Crippen LogP contribution in [0.15, 0.2) is 12.3 Å². The Morgan fingerprint density at radius 3 is 2.50 bits per heavy atom. The number of anilines is 1. The summed E-state index contributed by atoms with van der Waals surface area (Å²) in [7, 11) is 0. The van der Waals surface area contributed by atoms with Crippen LogP contribution in [0.4, 0.5) is 5.82 Å². The second-order valence-corrected chi connectivity index (χ2v) is 2.46. The van der Waals surface area contributed by atoms with Gasteiger partial charge in [0.2, 0.25) is 0 Å². The lowest BCUT2D eigenvalue weighted by Gasteiger charge is -2.09. The molecule has 0 aliphatic carbocycles. The lowest BCUT2D eigenvalue weighted by molar-refractivity contribution is 0.336. The Kier molecular flexibility index (Phi) is 6.54. The summed E-state index contributed by atoms with van der Waals surface area (Å²) >= 11 is 0. The Labute approximate surface area is 86.3 Å². The number of rotatable bonds is 3. The van der Waals surface area contributed by atoms with E-state index in [0.29, 0.717) is 12.4 Å². The molecule has 0 atom stereocenters. The number of hydrogen-bond acceptors (Lipinski definition) is 3. The van der Waals surface area contributed by atoms with E-state index in [1.165, 1.54) is 0 Å². The largest absolute Gasteiger partial charge is 0.493 e. The van der Waals surface area contributed by atoms with Crippen molar-refractivity contribution in [1.29, 1.82) is 0 Å². The lowest BCUT2D eigenvalue weighted by atomic mass is 10.2. The smallest absolute Gasteiger partial charge is 0.130 e. The van der Waals surface area contributed by atoms with Gasteiger partial charge in [-0.3, -0.25) is 0 Å². The van der Waals surface area contributed by atoms with Crippen molar-refractivity contribution in [2.45, 2.75) is 34.1 Å². The zero-order chi connectivity index (χ0) is 11.0. The third-order valence-corrected chi connectivity index (χ3v) is 1.70. The molecule has 0 bridgehead atoms. The highest BCUT2D eigenvalue weighted by Gasteiger charge is 2.04. The van der Waals surface area contributed by atoms with E-state index >= 15 is 0 Å². The molecular formula is C11H20N2O. The van der Waals surface area contributed by atoms with Crippen LogP contribution in [0.25, 0.3) is 0 Å². The Morgan fingerprint density at radius 1 is 1.36 bits per heavy atom. The maximum absolute atomic E-state index is 5.67. The molecule has 0 saturated carbocycles. The zero-order valence-electron chi connectivity index (χ0n) is 9.50. The van der Waals surface area contributed by atoms with Crippen molar-refractivity contribution in [2.75, 3.05) is 12.3 Å². The fraction of sp³-hybridized carbons (Fsp3) is 0.545. The number of nitrogen functional groups attached to an aromatic ring is 1. The van der Waals surface area contributed by atoms with Crippen molar-refractivity contribution in [1.82, 2.24) is 4.98 Å². The molecule has 1 aromatic rings. The van der Waals surface area contributed by atoms with Gasteiger partial charge in [-0.05, 0) is 19.4 Å². The van der Waals surface area contributed by atoms with Crippen LogP contribution in [0.5, 0.6) is 5.75 Å². The number of aromatic nitrogens is 1. The lowest BCUT2D eigenvalue weighted by Crippen LogP contribution is -2.01. The molecular weight excluding hydrogens is 176 g/mol. The zero-order valence-corrected chi connectivity index (χ0v) is 9.50. The summed E-state index contributed by atoms with van der Waals surface area (Å²) in [5.74, 6) is 1.43. The molecule has 0 amide bonds. The van der Waals surface area contributed by atoms with Gasteiger partial charge >= 0.3 is 0 Å². The van der Waals surface area contributed by atoms with Crippen LogP contribution in [0.3, 0.4) is 0 Å². The SMILES string of the molecule is CC.CCOc1ccnc(N)c1CC. The molecule has 0 aliphatic heterocycles. The summed E-state index contributed by atoms with van der Waals surface area (Å²) < 4.78 is 5.39. The first-order chi connectivity index (χ1) is 6.79. The first kappa shape index (κ1) is 12.8. The average molecular weight is 196 g/mol. The van der Waals surface area contributed by atoms with Crippen LogP contribution in [-0.2, 0) is 6.42 Å². The third-order valence-electron chi connectivity index (χ3n) is 1.70. The highest BCUT2D eigenvalue weighted by atomic mass is 16.5. The molecule has 0 radical (unpaired) electrons. The van der Waals surface area contributed by atoms with Gasteiger partial charge in [0, 0.05) is 11.8 Å². The molecule has 0 fully saturated rings. The van der Waals surface area contributed by atoms with Gasteiger partial charge in [-0.25, -0.2) is 4.98 Å². The van der Waals surface area contributed by atoms with E-state index in [0.717, 1.165) is 17.7 Å². The predicted octanol–water partition coefficient (Wildman–Crippen LogP) is 2.65. The molecule has 1 aromatic heterocycles. The minimum absolute atomic E-state index is 0.573. The monoisotopic (exact) mass is 196 g/mol. The molecule has 0 aliphatic rings. The van der Waals surface area contributed by atoms with Gasteiger partial charge in [0.1, 0.15) is 11.6 Å². The Balaban J connectivity index is 0.000000791. The topological polar surface area (TPSA) is 48.1 Å². The van der Waals surface area contributed by atoms with Crippen LogP contribution in [0, 0.1) is 0 Å². The van der Waals surface area contributed by atoms with Gasteiger partial charge in [-0.2, -0.15) is 0 Å². The minimum Gasteiger partial charge on any atom is -0.493 e. The normalized spacial score (nSPS) is 8.86. The van der Waals surface area contributed by atoms with Crippen molar-refractivity contribution < 1.29 is 4.74 Å². The first-order valence-electron chi connectivity index (χ1n) is 5.15. The number of hydrogen-bond donors (Lipinski definition) is 1. The van der Waals surface area contributed by atoms with Crippen LogP contribution in [-0.4, -0.2) is 11.6 Å². The van der Waals surface area contributed by atoms with Gasteiger partial charge in [0.05, 0.1) is 6.61 Å². The maximum Gasteiger partial charge on any atom is 0.130 e. The third kappa shape index (κ3) is 3.24. The highest BCUT2D eigenvalue weighted by Crippen LogP contribution is 2.22. The van der Waals surface area contributed by atoms with Crippen LogP contribution in [0.1, 0.15) is 33.3 Å². The molecule has 0 spiro atoms. The number of nitrogens with zero attached hydrogens (tertiary/aromatic N) is 1. The highest BCUT2D eigenvalue weighted by molar-refractivity contribution is 5.48. The second kappa shape index (κ2) is 7.18. The summed E-state index contributed by atoms with van der Waals surface area (Å²) in [5, 5.41) is 0. The molecule has 1 heterocycles. The average Bonchev–Trinajstić information content (AvgIpc) is 2.22. The first-order valence-corrected chi connectivity index (χ1v) is 5.15. The van der Waals surface area contributed by atoms with E-state index in [-0.39, 0.29) is 0 Å². The molecule has 0 saturated heterocycles. The maximum atomic E-state index is 5.67. The van der Waals surface area contributed by atoms with Gasteiger partial charge in [-0.1, -0.05) is 20.8 Å². The van der Waals surface area contributed by atoms with E-state index in [4.69, 9.17) is 10.5 Å². The summed E-state index contributed by atoms with van der Waals surface area (Å²) in [5.41, 5.74) is 6.67. The molecule has 2 N–H and O–H groups in total. The van der Waals surface area contributed by atoms with Crippen molar-refractivity contribution in [3.63, 3.8) is 0 Å². The van der Waals surface area contributed by atoms with E-state index in [1.807, 2.05) is 33.8 Å². The minimum atomic E-state index is 0.573. The Bertz CT molecular complexity index is 261. The predicted molar refractivity (Wildman–Crippen MR) is 60.5 cm³/mol. The number of ether oxygens (including phenoxy) is 1. The van der Waals surface area contributed by atoms with Crippen molar-refractivity contribution in [2.24, 2.45) is 0 Å². The molecule has 1 rings (SSSR count). The van der Waals surface area contributed by atoms with E-state index in [9.17, 15) is 0 Å². The van der Waals surface area contributed by atoms with Gasteiger partial charge in [0.25, 0.3) is 0 Å². The molecule has 0 unspecified atom stereocenters. The molecule has 3 heteroatoms. The summed E-state index contributed by atoms with van der Waals surface area (Å²) in [4.78, 5) is 3.99. The summed E-state index contributed by atoms with van der Waals surface area (Å²) in [6, 6.07) is 1.85. The fourth-order valence-corrected chi connectivity index (χ4v) is 1.14. The number of nitrogens with two attached hydrogens (primary N) is 1. The summed E-state index contributed by atoms with van der Waals surface area (Å²) in [6.45, 7) is 8.66. The standard InChI is InChI=1S/C9H14N2O.C2H6/c1-3-7-8(12-4-2)5-6-11-9(7)10;1-2/h5-6H,3-4H2,1-2H3,(H2,10,11);1-2H3. The van der Waals surface area contributed by atoms with Crippen molar-refractivity contribution >= 4 is 5.82 Å². The molecule has 0 aromatic carbocycles. The molecule has 14 heavy (non-hydrogen) atoms. The Hall–Kier alpha value is -1.25. The second-order valence-electron chi connectivity index (χ2n) is 2.46. The molecule has 3 nitrogen and oxygen atoms in total. The Morgan fingerprint density at radius 2 is 2.00 bits per heavy atom. The summed E-state index contributed by atoms with van der Waals surface area (Å²) in [6.07, 6.45) is 2.52. The van der Waals surface area contributed by atoms with Crippen LogP contribution >= 0.6 is 0 Å². The van der Waals surface area contributed by atoms with Gasteiger partial charge in [-0.15, -0.1) is 0 Å². The van der Waals surface area contributed by atoms with E-state index in [2.05, 4.69) is 4.98 Å². The van der Waals surface area contributed by atoms with E-state index in [1.54, 1.807) is 6.20 Å². The molecule has 80 valence electrons.